The smallest absolute Gasteiger partial charge is 0.136 e. The lowest BCUT2D eigenvalue weighted by molar-refractivity contribution is 0.856. The molecule has 2 aromatic carbocycles. The summed E-state index contributed by atoms with van der Waals surface area (Å²) in [7, 11) is 0. The van der Waals surface area contributed by atoms with Crippen molar-refractivity contribution in [2.75, 3.05) is 17.2 Å². The Balaban J connectivity index is 1.57. The van der Waals surface area contributed by atoms with Crippen molar-refractivity contribution in [3.8, 4) is 6.07 Å². The third kappa shape index (κ3) is 5.05. The summed E-state index contributed by atoms with van der Waals surface area (Å²) in [5.41, 5.74) is 2.86. The van der Waals surface area contributed by atoms with E-state index in [0.717, 1.165) is 36.7 Å². The number of benzene rings is 2. The van der Waals surface area contributed by atoms with Gasteiger partial charge in [0.1, 0.15) is 17.5 Å². The highest BCUT2D eigenvalue weighted by Crippen LogP contribution is 2.18. The monoisotopic (exact) mass is 343 g/mol. The second-order valence-corrected chi connectivity index (χ2v) is 6.02. The molecule has 0 amide bonds. The van der Waals surface area contributed by atoms with E-state index < -0.39 is 0 Å². The number of aromatic nitrogens is 2. The Morgan fingerprint density at radius 3 is 2.42 bits per heavy atom. The van der Waals surface area contributed by atoms with E-state index in [0.29, 0.717) is 11.4 Å². The van der Waals surface area contributed by atoms with E-state index in [-0.39, 0.29) is 0 Å². The molecule has 2 N–H and O–H groups in total. The summed E-state index contributed by atoms with van der Waals surface area (Å²) in [6, 6.07) is 21.8. The quantitative estimate of drug-likeness (QED) is 0.620. The molecule has 5 heteroatoms. The molecule has 0 aliphatic carbocycles. The van der Waals surface area contributed by atoms with Crippen LogP contribution in [-0.2, 0) is 6.42 Å². The van der Waals surface area contributed by atoms with Crippen molar-refractivity contribution in [3.63, 3.8) is 0 Å². The maximum atomic E-state index is 8.87. The lowest BCUT2D eigenvalue weighted by atomic mass is 10.1. The van der Waals surface area contributed by atoms with Gasteiger partial charge in [0.2, 0.25) is 0 Å². The topological polar surface area (TPSA) is 73.6 Å². The maximum absolute atomic E-state index is 8.87. The summed E-state index contributed by atoms with van der Waals surface area (Å²) >= 11 is 0. The highest BCUT2D eigenvalue weighted by atomic mass is 15.1. The molecule has 0 bridgehead atoms. The van der Waals surface area contributed by atoms with Gasteiger partial charge in [-0.3, -0.25) is 0 Å². The minimum absolute atomic E-state index is 0.634. The van der Waals surface area contributed by atoms with E-state index in [9.17, 15) is 0 Å². The Labute approximate surface area is 153 Å². The predicted molar refractivity (Wildman–Crippen MR) is 104 cm³/mol. The van der Waals surface area contributed by atoms with Crippen LogP contribution in [0, 0.1) is 18.3 Å². The van der Waals surface area contributed by atoms with Gasteiger partial charge in [-0.05, 0) is 49.6 Å². The van der Waals surface area contributed by atoms with Gasteiger partial charge in [0, 0.05) is 18.3 Å². The molecule has 0 saturated carbocycles. The van der Waals surface area contributed by atoms with Gasteiger partial charge in [0.15, 0.2) is 0 Å². The number of nitriles is 1. The average molecular weight is 343 g/mol. The SMILES string of the molecule is Cc1nc(NCCCc2ccccc2)cc(Nc2ccc(C#N)cc2)n1. The van der Waals surface area contributed by atoms with Crippen molar-refractivity contribution < 1.29 is 0 Å². The minimum Gasteiger partial charge on any atom is -0.370 e. The zero-order chi connectivity index (χ0) is 18.2. The van der Waals surface area contributed by atoms with Crippen LogP contribution in [-0.4, -0.2) is 16.5 Å². The molecule has 0 spiro atoms. The molecule has 130 valence electrons. The number of aryl methyl sites for hydroxylation is 2. The van der Waals surface area contributed by atoms with Gasteiger partial charge in [-0.25, -0.2) is 9.97 Å². The lowest BCUT2D eigenvalue weighted by Crippen LogP contribution is -2.07. The third-order valence-electron chi connectivity index (χ3n) is 3.92. The summed E-state index contributed by atoms with van der Waals surface area (Å²) in [6.45, 7) is 2.72. The van der Waals surface area contributed by atoms with Crippen LogP contribution in [0.2, 0.25) is 0 Å². The molecule has 0 saturated heterocycles. The summed E-state index contributed by atoms with van der Waals surface area (Å²) in [5.74, 6) is 2.24. The molecule has 0 aliphatic heterocycles. The van der Waals surface area contributed by atoms with Gasteiger partial charge in [-0.1, -0.05) is 30.3 Å². The van der Waals surface area contributed by atoms with Crippen molar-refractivity contribution in [2.24, 2.45) is 0 Å². The first kappa shape index (κ1) is 17.4. The second-order valence-electron chi connectivity index (χ2n) is 6.02. The third-order valence-corrected chi connectivity index (χ3v) is 3.92. The van der Waals surface area contributed by atoms with Crippen LogP contribution in [0.5, 0.6) is 0 Å². The number of rotatable bonds is 7. The highest BCUT2D eigenvalue weighted by molar-refractivity contribution is 5.60. The molecule has 1 aromatic heterocycles. The van der Waals surface area contributed by atoms with Gasteiger partial charge in [0.05, 0.1) is 11.6 Å². The number of nitrogens with one attached hydrogen (secondary N) is 2. The molecule has 26 heavy (non-hydrogen) atoms. The van der Waals surface area contributed by atoms with E-state index in [1.165, 1.54) is 5.56 Å². The Morgan fingerprint density at radius 1 is 0.962 bits per heavy atom. The van der Waals surface area contributed by atoms with Crippen LogP contribution in [0.4, 0.5) is 17.3 Å². The predicted octanol–water partition coefficient (Wildman–Crippen LogP) is 4.45. The molecule has 3 aromatic rings. The fourth-order valence-electron chi connectivity index (χ4n) is 2.65. The van der Waals surface area contributed by atoms with Gasteiger partial charge in [-0.15, -0.1) is 0 Å². The first-order valence-corrected chi connectivity index (χ1v) is 8.63. The maximum Gasteiger partial charge on any atom is 0.136 e. The van der Waals surface area contributed by atoms with Crippen LogP contribution in [0.3, 0.4) is 0 Å². The van der Waals surface area contributed by atoms with E-state index in [2.05, 4.69) is 50.9 Å². The summed E-state index contributed by atoms with van der Waals surface area (Å²) in [6.07, 6.45) is 2.07. The molecular weight excluding hydrogens is 322 g/mol. The van der Waals surface area contributed by atoms with Gasteiger partial charge in [-0.2, -0.15) is 5.26 Å². The van der Waals surface area contributed by atoms with E-state index in [4.69, 9.17) is 5.26 Å². The molecule has 0 unspecified atom stereocenters. The minimum atomic E-state index is 0.634. The van der Waals surface area contributed by atoms with Crippen molar-refractivity contribution in [3.05, 3.63) is 77.6 Å². The molecule has 5 nitrogen and oxygen atoms in total. The van der Waals surface area contributed by atoms with Crippen molar-refractivity contribution in [1.29, 1.82) is 5.26 Å². The summed E-state index contributed by atoms with van der Waals surface area (Å²) in [5, 5.41) is 15.5. The first-order valence-electron chi connectivity index (χ1n) is 8.63. The lowest BCUT2D eigenvalue weighted by Gasteiger charge is -2.10. The van der Waals surface area contributed by atoms with Crippen molar-refractivity contribution >= 4 is 17.3 Å². The van der Waals surface area contributed by atoms with Gasteiger partial charge < -0.3 is 10.6 Å². The fourth-order valence-corrected chi connectivity index (χ4v) is 2.65. The molecule has 0 aliphatic rings. The van der Waals surface area contributed by atoms with Crippen LogP contribution in [0.15, 0.2) is 60.7 Å². The zero-order valence-corrected chi connectivity index (χ0v) is 14.7. The van der Waals surface area contributed by atoms with Crippen LogP contribution in [0.1, 0.15) is 23.4 Å². The molecular formula is C21H21N5. The average Bonchev–Trinajstić information content (AvgIpc) is 2.66. The Morgan fingerprint density at radius 2 is 1.69 bits per heavy atom. The first-order chi connectivity index (χ1) is 12.7. The Kier molecular flexibility index (Phi) is 5.79. The molecule has 3 rings (SSSR count). The van der Waals surface area contributed by atoms with Crippen LogP contribution < -0.4 is 10.6 Å². The second kappa shape index (κ2) is 8.63. The number of hydrogen-bond donors (Lipinski definition) is 2. The number of anilines is 3. The Hall–Kier alpha value is -3.39. The largest absolute Gasteiger partial charge is 0.370 e. The van der Waals surface area contributed by atoms with Gasteiger partial charge >= 0.3 is 0 Å². The highest BCUT2D eigenvalue weighted by Gasteiger charge is 2.03. The molecule has 0 fully saturated rings. The normalized spacial score (nSPS) is 10.2. The standard InChI is InChI=1S/C21H21N5/c1-16-24-20(23-13-5-8-17-6-3-2-4-7-17)14-21(25-16)26-19-11-9-18(15-22)10-12-19/h2-4,6-7,9-12,14H,5,8,13H2,1H3,(H2,23,24,25,26). The van der Waals surface area contributed by atoms with Crippen molar-refractivity contribution in [2.45, 2.75) is 19.8 Å². The molecule has 0 atom stereocenters. The van der Waals surface area contributed by atoms with Crippen LogP contribution in [0.25, 0.3) is 0 Å². The zero-order valence-electron chi connectivity index (χ0n) is 14.7. The molecule has 1 heterocycles. The van der Waals surface area contributed by atoms with Crippen LogP contribution >= 0.6 is 0 Å². The number of nitrogens with zero attached hydrogens (tertiary/aromatic N) is 3. The summed E-state index contributed by atoms with van der Waals surface area (Å²) in [4.78, 5) is 8.86. The van der Waals surface area contributed by atoms with E-state index in [1.807, 2.05) is 31.2 Å². The van der Waals surface area contributed by atoms with E-state index >= 15 is 0 Å². The van der Waals surface area contributed by atoms with E-state index in [1.54, 1.807) is 12.1 Å². The fraction of sp³-hybridized carbons (Fsp3) is 0.190. The summed E-state index contributed by atoms with van der Waals surface area (Å²) < 4.78 is 0. The van der Waals surface area contributed by atoms with Crippen molar-refractivity contribution in [1.82, 2.24) is 9.97 Å². The van der Waals surface area contributed by atoms with Gasteiger partial charge in [0.25, 0.3) is 0 Å². The molecule has 0 radical (unpaired) electrons. The number of hydrogen-bond acceptors (Lipinski definition) is 5. The Bertz CT molecular complexity index is 883.